The highest BCUT2D eigenvalue weighted by Crippen LogP contribution is 2.25. The van der Waals surface area contributed by atoms with Gasteiger partial charge in [0, 0.05) is 17.8 Å². The number of rotatable bonds is 7. The molecule has 0 bridgehead atoms. The van der Waals surface area contributed by atoms with Gasteiger partial charge in [-0.15, -0.1) is 0 Å². The first-order valence-corrected chi connectivity index (χ1v) is 7.63. The van der Waals surface area contributed by atoms with Gasteiger partial charge in [0.25, 0.3) is 0 Å². The predicted molar refractivity (Wildman–Crippen MR) is 90.5 cm³/mol. The average molecular weight is 312 g/mol. The molecule has 0 unspecified atom stereocenters. The van der Waals surface area contributed by atoms with Crippen LogP contribution in [0.3, 0.4) is 0 Å². The van der Waals surface area contributed by atoms with Crippen molar-refractivity contribution in [1.82, 2.24) is 15.0 Å². The summed E-state index contributed by atoms with van der Waals surface area (Å²) in [7, 11) is 0. The summed E-state index contributed by atoms with van der Waals surface area (Å²) in [5.41, 5.74) is 2.83. The summed E-state index contributed by atoms with van der Waals surface area (Å²) in [6, 6.07) is 11.9. The van der Waals surface area contributed by atoms with Crippen molar-refractivity contribution in [2.24, 2.45) is 0 Å². The van der Waals surface area contributed by atoms with E-state index in [-0.39, 0.29) is 6.61 Å². The molecule has 23 heavy (non-hydrogen) atoms. The summed E-state index contributed by atoms with van der Waals surface area (Å²) >= 11 is 0. The zero-order chi connectivity index (χ0) is 16.1. The summed E-state index contributed by atoms with van der Waals surface area (Å²) in [5.74, 6) is 1.46. The molecule has 0 fully saturated rings. The lowest BCUT2D eigenvalue weighted by Crippen LogP contribution is -2.12. The molecule has 2 aromatic heterocycles. The monoisotopic (exact) mass is 312 g/mol. The fraction of sp³-hybridized carbons (Fsp3) is 0.294. The van der Waals surface area contributed by atoms with Crippen LogP contribution in [0.25, 0.3) is 22.4 Å². The molecule has 0 radical (unpaired) electrons. The van der Waals surface area contributed by atoms with Gasteiger partial charge in [0.15, 0.2) is 5.82 Å². The second-order valence-electron chi connectivity index (χ2n) is 5.24. The lowest BCUT2D eigenvalue weighted by molar-refractivity contribution is 0.0992. The first kappa shape index (κ1) is 15.5. The number of aromatic amines is 1. The number of H-pyrrole nitrogens is 1. The number of anilines is 1. The van der Waals surface area contributed by atoms with E-state index in [0.717, 1.165) is 28.1 Å². The van der Waals surface area contributed by atoms with Crippen molar-refractivity contribution in [2.45, 2.75) is 6.92 Å². The van der Waals surface area contributed by atoms with Crippen LogP contribution in [0, 0.1) is 6.92 Å². The van der Waals surface area contributed by atoms with Crippen molar-refractivity contribution in [3.05, 3.63) is 42.1 Å². The zero-order valence-electron chi connectivity index (χ0n) is 13.0. The molecule has 6 nitrogen and oxygen atoms in total. The first-order valence-electron chi connectivity index (χ1n) is 7.63. The molecule has 3 rings (SSSR count). The van der Waals surface area contributed by atoms with E-state index in [1.54, 1.807) is 0 Å². The maximum absolute atomic E-state index is 8.72. The van der Waals surface area contributed by atoms with E-state index >= 15 is 0 Å². The highest BCUT2D eigenvalue weighted by molar-refractivity contribution is 5.89. The quantitative estimate of drug-likeness (QED) is 0.583. The molecule has 0 saturated carbocycles. The molecular formula is C17H20N4O2. The van der Waals surface area contributed by atoms with Crippen LogP contribution in [0.2, 0.25) is 0 Å². The number of nitrogens with zero attached hydrogens (tertiary/aromatic N) is 2. The molecule has 0 saturated heterocycles. The van der Waals surface area contributed by atoms with Gasteiger partial charge in [-0.2, -0.15) is 0 Å². The van der Waals surface area contributed by atoms with Crippen LogP contribution in [0.4, 0.5) is 5.82 Å². The lowest BCUT2D eigenvalue weighted by Gasteiger charge is -2.09. The van der Waals surface area contributed by atoms with Crippen LogP contribution in [0.1, 0.15) is 5.69 Å². The van der Waals surface area contributed by atoms with E-state index in [1.165, 1.54) is 0 Å². The van der Waals surface area contributed by atoms with Crippen LogP contribution >= 0.6 is 0 Å². The SMILES string of the molecule is Cc1cc2c(NCCOCCO)nc(-c3ccccc3)nc2[nH]1. The van der Waals surface area contributed by atoms with Gasteiger partial charge in [-0.05, 0) is 13.0 Å². The van der Waals surface area contributed by atoms with Crippen molar-refractivity contribution in [3.63, 3.8) is 0 Å². The molecule has 0 atom stereocenters. The average Bonchev–Trinajstić information content (AvgIpc) is 2.95. The number of hydrogen-bond acceptors (Lipinski definition) is 5. The number of aromatic nitrogens is 3. The molecule has 3 aromatic rings. The first-order chi connectivity index (χ1) is 11.3. The Balaban J connectivity index is 1.88. The van der Waals surface area contributed by atoms with E-state index in [9.17, 15) is 0 Å². The van der Waals surface area contributed by atoms with Crippen LogP contribution in [-0.4, -0.2) is 46.4 Å². The molecule has 0 aliphatic rings. The fourth-order valence-corrected chi connectivity index (χ4v) is 2.40. The molecule has 0 aliphatic carbocycles. The number of aliphatic hydroxyl groups is 1. The number of benzene rings is 1. The number of fused-ring (bicyclic) bond motifs is 1. The molecule has 2 heterocycles. The van der Waals surface area contributed by atoms with E-state index in [4.69, 9.17) is 9.84 Å². The molecule has 0 spiro atoms. The second kappa shape index (κ2) is 7.21. The maximum Gasteiger partial charge on any atom is 0.163 e. The van der Waals surface area contributed by atoms with Crippen LogP contribution in [0.15, 0.2) is 36.4 Å². The maximum atomic E-state index is 8.72. The van der Waals surface area contributed by atoms with Gasteiger partial charge in [-0.3, -0.25) is 0 Å². The topological polar surface area (TPSA) is 83.1 Å². The van der Waals surface area contributed by atoms with E-state index in [2.05, 4.69) is 20.3 Å². The minimum Gasteiger partial charge on any atom is -0.394 e. The highest BCUT2D eigenvalue weighted by atomic mass is 16.5. The third-order valence-corrected chi connectivity index (χ3v) is 3.43. The van der Waals surface area contributed by atoms with Gasteiger partial charge < -0.3 is 20.1 Å². The largest absolute Gasteiger partial charge is 0.394 e. The summed E-state index contributed by atoms with van der Waals surface area (Å²) in [6.07, 6.45) is 0. The van der Waals surface area contributed by atoms with Gasteiger partial charge >= 0.3 is 0 Å². The fourth-order valence-electron chi connectivity index (χ4n) is 2.40. The molecule has 1 aromatic carbocycles. The highest BCUT2D eigenvalue weighted by Gasteiger charge is 2.11. The Morgan fingerprint density at radius 3 is 2.78 bits per heavy atom. The predicted octanol–water partition coefficient (Wildman–Crippen LogP) is 2.35. The standard InChI is InChI=1S/C17H20N4O2/c1-12-11-14-16(18-7-9-23-10-8-22)20-15(21-17(14)19-12)13-5-3-2-4-6-13/h2-6,11,22H,7-10H2,1H3,(H2,18,19,20,21). The van der Waals surface area contributed by atoms with Gasteiger partial charge in [0.2, 0.25) is 0 Å². The molecule has 120 valence electrons. The Hall–Kier alpha value is -2.44. The normalized spacial score (nSPS) is 11.0. The van der Waals surface area contributed by atoms with E-state index in [1.807, 2.05) is 43.3 Å². The third-order valence-electron chi connectivity index (χ3n) is 3.43. The molecule has 3 N–H and O–H groups in total. The van der Waals surface area contributed by atoms with E-state index in [0.29, 0.717) is 25.6 Å². The Morgan fingerprint density at radius 2 is 2.00 bits per heavy atom. The van der Waals surface area contributed by atoms with E-state index < -0.39 is 0 Å². The van der Waals surface area contributed by atoms with Crippen molar-refractivity contribution in [2.75, 3.05) is 31.7 Å². The Morgan fingerprint density at radius 1 is 1.17 bits per heavy atom. The van der Waals surface area contributed by atoms with Gasteiger partial charge in [-0.25, -0.2) is 9.97 Å². The zero-order valence-corrected chi connectivity index (χ0v) is 13.0. The summed E-state index contributed by atoms with van der Waals surface area (Å²) in [5, 5.41) is 13.0. The summed E-state index contributed by atoms with van der Waals surface area (Å²) < 4.78 is 5.27. The minimum absolute atomic E-state index is 0.0346. The van der Waals surface area contributed by atoms with Crippen molar-refractivity contribution in [3.8, 4) is 11.4 Å². The molecular weight excluding hydrogens is 292 g/mol. The molecule has 0 amide bonds. The van der Waals surface area contributed by atoms with Gasteiger partial charge in [0.05, 0.1) is 25.2 Å². The molecule has 0 aliphatic heterocycles. The van der Waals surface area contributed by atoms with Gasteiger partial charge in [0.1, 0.15) is 11.5 Å². The van der Waals surface area contributed by atoms with Gasteiger partial charge in [-0.1, -0.05) is 30.3 Å². The second-order valence-corrected chi connectivity index (χ2v) is 5.24. The minimum atomic E-state index is 0.0346. The smallest absolute Gasteiger partial charge is 0.163 e. The van der Waals surface area contributed by atoms with Crippen molar-refractivity contribution >= 4 is 16.9 Å². The number of ether oxygens (including phenoxy) is 1. The Labute approximate surface area is 134 Å². The number of aryl methyl sites for hydroxylation is 1. The summed E-state index contributed by atoms with van der Waals surface area (Å²) in [4.78, 5) is 12.5. The van der Waals surface area contributed by atoms with Crippen molar-refractivity contribution in [1.29, 1.82) is 0 Å². The Kier molecular flexibility index (Phi) is 4.85. The van der Waals surface area contributed by atoms with Crippen LogP contribution in [-0.2, 0) is 4.74 Å². The Bertz CT molecular complexity index is 771. The molecule has 6 heteroatoms. The van der Waals surface area contributed by atoms with Crippen LogP contribution < -0.4 is 5.32 Å². The number of nitrogens with one attached hydrogen (secondary N) is 2. The number of hydrogen-bond donors (Lipinski definition) is 3. The lowest BCUT2D eigenvalue weighted by atomic mass is 10.2. The van der Waals surface area contributed by atoms with Crippen LogP contribution in [0.5, 0.6) is 0 Å². The van der Waals surface area contributed by atoms with Crippen molar-refractivity contribution < 1.29 is 9.84 Å². The third kappa shape index (κ3) is 3.67. The number of aliphatic hydroxyl groups excluding tert-OH is 1. The summed E-state index contributed by atoms with van der Waals surface area (Å²) in [6.45, 7) is 3.50.